The fraction of sp³-hybridized carbons (Fsp3) is 0.357. The first-order valence-electron chi connectivity index (χ1n) is 12.6. The second-order valence-electron chi connectivity index (χ2n) is 9.97. The lowest BCUT2D eigenvalue weighted by Gasteiger charge is -2.32. The zero-order valence-electron chi connectivity index (χ0n) is 21.4. The Morgan fingerprint density at radius 1 is 1.15 bits per heavy atom. The Kier molecular flexibility index (Phi) is 7.26. The van der Waals surface area contributed by atoms with Gasteiger partial charge in [-0.2, -0.15) is 0 Å². The predicted molar refractivity (Wildman–Crippen MR) is 140 cm³/mol. The Balaban J connectivity index is 1.32. The van der Waals surface area contributed by atoms with E-state index in [1.165, 1.54) is 30.3 Å². The van der Waals surface area contributed by atoms with Crippen molar-refractivity contribution in [2.45, 2.75) is 44.2 Å². The Hall–Kier alpha value is -3.63. The zero-order chi connectivity index (χ0) is 27.9. The maximum atomic E-state index is 14.9. The van der Waals surface area contributed by atoms with Gasteiger partial charge >= 0.3 is 0 Å². The van der Waals surface area contributed by atoms with Gasteiger partial charge in [-0.25, -0.2) is 13.8 Å². The molecule has 1 unspecified atom stereocenters. The number of ether oxygens (including phenoxy) is 1. The standard InChI is InChI=1S/C28H27ClF2N4O4/c1-15-20(9-17(29)12-32-15)26(36)34-19-6-3-16(4-7-19)14-35-24-8-5-18(30)10-22(24)28(38,27(35)37)21-11-25(39-2)33-13-23(21)31/h5,8-13,16,19,38H,3-4,6-7,14H2,1-2H3,(H,34,36)/t16-,19-,28?. The number of hydrogen-bond acceptors (Lipinski definition) is 6. The van der Waals surface area contributed by atoms with E-state index in [4.69, 9.17) is 16.3 Å². The molecule has 39 heavy (non-hydrogen) atoms. The average Bonchev–Trinajstić information content (AvgIpc) is 3.13. The van der Waals surface area contributed by atoms with Crippen LogP contribution in [0, 0.1) is 24.5 Å². The zero-order valence-corrected chi connectivity index (χ0v) is 22.1. The van der Waals surface area contributed by atoms with Gasteiger partial charge in [0.05, 0.1) is 35.3 Å². The van der Waals surface area contributed by atoms with Crippen LogP contribution in [0.15, 0.2) is 42.7 Å². The van der Waals surface area contributed by atoms with E-state index in [1.54, 1.807) is 13.0 Å². The summed E-state index contributed by atoms with van der Waals surface area (Å²) in [4.78, 5) is 35.8. The first-order chi connectivity index (χ1) is 18.6. The molecule has 0 bridgehead atoms. The van der Waals surface area contributed by atoms with Crippen LogP contribution in [0.1, 0.15) is 52.9 Å². The Labute approximate surface area is 229 Å². The SMILES string of the molecule is COc1cc(C2(O)C(=O)N(C[C@H]3CC[C@H](NC(=O)c4cc(Cl)cnc4C)CC3)c3ccc(F)cc32)c(F)cn1. The van der Waals surface area contributed by atoms with Gasteiger partial charge in [-0.05, 0) is 62.8 Å². The number of anilines is 1. The molecule has 0 spiro atoms. The summed E-state index contributed by atoms with van der Waals surface area (Å²) in [6, 6.07) is 6.36. The van der Waals surface area contributed by atoms with Crippen molar-refractivity contribution in [3.63, 3.8) is 0 Å². The van der Waals surface area contributed by atoms with E-state index >= 15 is 0 Å². The molecule has 1 saturated carbocycles. The van der Waals surface area contributed by atoms with Crippen LogP contribution in [-0.2, 0) is 10.4 Å². The Bertz CT molecular complexity index is 1450. The molecule has 2 amide bonds. The summed E-state index contributed by atoms with van der Waals surface area (Å²) in [5.74, 6) is -2.53. The van der Waals surface area contributed by atoms with Crippen molar-refractivity contribution in [2.24, 2.45) is 5.92 Å². The van der Waals surface area contributed by atoms with Crippen LogP contribution in [0.5, 0.6) is 5.88 Å². The molecule has 5 rings (SSSR count). The van der Waals surface area contributed by atoms with Crippen LogP contribution in [0.3, 0.4) is 0 Å². The highest BCUT2D eigenvalue weighted by Gasteiger charge is 2.53. The highest BCUT2D eigenvalue weighted by atomic mass is 35.5. The van der Waals surface area contributed by atoms with E-state index in [9.17, 15) is 23.5 Å². The number of carbonyl (C=O) groups excluding carboxylic acids is 2. The summed E-state index contributed by atoms with van der Waals surface area (Å²) >= 11 is 6.00. The number of aromatic nitrogens is 2. The van der Waals surface area contributed by atoms with Crippen molar-refractivity contribution >= 4 is 29.1 Å². The van der Waals surface area contributed by atoms with E-state index in [0.29, 0.717) is 47.7 Å². The van der Waals surface area contributed by atoms with Crippen LogP contribution in [0.25, 0.3) is 0 Å². The first kappa shape index (κ1) is 27.0. The van der Waals surface area contributed by atoms with Gasteiger partial charge in [-0.15, -0.1) is 0 Å². The van der Waals surface area contributed by atoms with Gasteiger partial charge in [-0.3, -0.25) is 14.6 Å². The lowest BCUT2D eigenvalue weighted by molar-refractivity contribution is -0.132. The maximum Gasteiger partial charge on any atom is 0.268 e. The van der Waals surface area contributed by atoms with Gasteiger partial charge in [0.15, 0.2) is 5.60 Å². The van der Waals surface area contributed by atoms with E-state index in [-0.39, 0.29) is 41.4 Å². The first-order valence-corrected chi connectivity index (χ1v) is 13.0. The van der Waals surface area contributed by atoms with Gasteiger partial charge in [0.25, 0.3) is 11.8 Å². The van der Waals surface area contributed by atoms with Crippen LogP contribution < -0.4 is 15.0 Å². The number of fused-ring (bicyclic) bond motifs is 1. The minimum absolute atomic E-state index is 0.00754. The highest BCUT2D eigenvalue weighted by molar-refractivity contribution is 6.30. The number of halogens is 3. The molecular formula is C28H27ClF2N4O4. The molecule has 2 aromatic heterocycles. The number of nitrogens with one attached hydrogen (secondary N) is 1. The molecule has 1 aromatic carbocycles. The smallest absolute Gasteiger partial charge is 0.268 e. The van der Waals surface area contributed by atoms with Crippen molar-refractivity contribution in [2.75, 3.05) is 18.6 Å². The summed E-state index contributed by atoms with van der Waals surface area (Å²) in [6.07, 6.45) is 5.12. The second kappa shape index (κ2) is 10.5. The van der Waals surface area contributed by atoms with Crippen LogP contribution in [0.2, 0.25) is 5.02 Å². The van der Waals surface area contributed by atoms with Crippen molar-refractivity contribution in [1.82, 2.24) is 15.3 Å². The highest BCUT2D eigenvalue weighted by Crippen LogP contribution is 2.46. The summed E-state index contributed by atoms with van der Waals surface area (Å²) < 4.78 is 34.2. The lowest BCUT2D eigenvalue weighted by Crippen LogP contribution is -2.45. The van der Waals surface area contributed by atoms with Gasteiger partial charge in [-0.1, -0.05) is 11.6 Å². The third-order valence-electron chi connectivity index (χ3n) is 7.54. The molecule has 1 aliphatic heterocycles. The monoisotopic (exact) mass is 556 g/mol. The molecule has 11 heteroatoms. The Morgan fingerprint density at radius 2 is 1.90 bits per heavy atom. The van der Waals surface area contributed by atoms with Crippen LogP contribution in [-0.4, -0.2) is 46.6 Å². The molecule has 204 valence electrons. The van der Waals surface area contributed by atoms with Crippen molar-refractivity contribution in [3.8, 4) is 5.88 Å². The molecule has 3 aromatic rings. The largest absolute Gasteiger partial charge is 0.481 e. The third kappa shape index (κ3) is 4.94. The van der Waals surface area contributed by atoms with Gasteiger partial charge in [0, 0.05) is 36.0 Å². The number of pyridine rings is 2. The lowest BCUT2D eigenvalue weighted by atomic mass is 9.85. The topological polar surface area (TPSA) is 105 Å². The number of methoxy groups -OCH3 is 1. The minimum atomic E-state index is -2.44. The van der Waals surface area contributed by atoms with E-state index in [2.05, 4.69) is 15.3 Å². The average molecular weight is 557 g/mol. The molecule has 0 saturated heterocycles. The normalized spacial score (nSPS) is 22.5. The number of aliphatic hydroxyl groups is 1. The quantitative estimate of drug-likeness (QED) is 0.469. The number of amides is 2. The predicted octanol–water partition coefficient (Wildman–Crippen LogP) is 4.30. The molecule has 2 N–H and O–H groups in total. The molecule has 8 nitrogen and oxygen atoms in total. The van der Waals surface area contributed by atoms with Crippen LogP contribution in [0.4, 0.5) is 14.5 Å². The minimum Gasteiger partial charge on any atom is -0.481 e. The van der Waals surface area contributed by atoms with Crippen molar-refractivity contribution in [1.29, 1.82) is 0 Å². The molecule has 0 radical (unpaired) electrons. The number of benzene rings is 1. The van der Waals surface area contributed by atoms with Gasteiger partial charge in [0.1, 0.15) is 11.6 Å². The fourth-order valence-corrected chi connectivity index (χ4v) is 5.61. The second-order valence-corrected chi connectivity index (χ2v) is 10.4. The third-order valence-corrected chi connectivity index (χ3v) is 7.75. The molecular weight excluding hydrogens is 530 g/mol. The van der Waals surface area contributed by atoms with E-state index in [1.807, 2.05) is 0 Å². The molecule has 1 fully saturated rings. The molecule has 2 aliphatic rings. The molecule has 1 atom stereocenters. The fourth-order valence-electron chi connectivity index (χ4n) is 5.45. The van der Waals surface area contributed by atoms with Gasteiger partial charge < -0.3 is 20.1 Å². The summed E-state index contributed by atoms with van der Waals surface area (Å²) in [7, 11) is 1.33. The maximum absolute atomic E-state index is 14.9. The van der Waals surface area contributed by atoms with E-state index < -0.39 is 23.1 Å². The summed E-state index contributed by atoms with van der Waals surface area (Å²) in [6.45, 7) is 2.00. The van der Waals surface area contributed by atoms with E-state index in [0.717, 1.165) is 18.3 Å². The number of aryl methyl sites for hydroxylation is 1. The number of carbonyl (C=O) groups is 2. The summed E-state index contributed by atoms with van der Waals surface area (Å²) in [5, 5.41) is 15.1. The summed E-state index contributed by atoms with van der Waals surface area (Å²) in [5.41, 5.74) is -1.50. The molecule has 3 heterocycles. The Morgan fingerprint density at radius 3 is 2.62 bits per heavy atom. The van der Waals surface area contributed by atoms with Crippen LogP contribution >= 0.6 is 11.6 Å². The number of hydrogen-bond donors (Lipinski definition) is 2. The molecule has 1 aliphatic carbocycles. The number of rotatable bonds is 6. The number of nitrogens with zero attached hydrogens (tertiary/aromatic N) is 3. The van der Waals surface area contributed by atoms with Crippen molar-refractivity contribution < 1.29 is 28.2 Å². The van der Waals surface area contributed by atoms with Crippen molar-refractivity contribution in [3.05, 3.63) is 81.8 Å². The van der Waals surface area contributed by atoms with Gasteiger partial charge in [0.2, 0.25) is 5.88 Å².